The van der Waals surface area contributed by atoms with Gasteiger partial charge in [0, 0.05) is 13.1 Å². The normalized spacial score (nSPS) is 22.4. The number of carboxylic acid groups (broad SMARTS) is 1. The number of amides is 2. The minimum Gasteiger partial charge on any atom is -0.481 e. The van der Waals surface area contributed by atoms with E-state index in [2.05, 4.69) is 5.32 Å². The van der Waals surface area contributed by atoms with Gasteiger partial charge in [0.1, 0.15) is 0 Å². The summed E-state index contributed by atoms with van der Waals surface area (Å²) in [7, 11) is 1.76. The van der Waals surface area contributed by atoms with Crippen LogP contribution >= 0.6 is 0 Å². The van der Waals surface area contributed by atoms with Gasteiger partial charge in [-0.1, -0.05) is 32.1 Å². The van der Waals surface area contributed by atoms with Crippen LogP contribution in [0.25, 0.3) is 0 Å². The topological polar surface area (TPSA) is 69.6 Å². The number of carbonyl (C=O) groups excluding carboxylic acids is 1. The fraction of sp³-hybridized carbons (Fsp3) is 0.875. The van der Waals surface area contributed by atoms with Gasteiger partial charge in [0.2, 0.25) is 0 Å². The van der Waals surface area contributed by atoms with Crippen molar-refractivity contribution in [3.63, 3.8) is 0 Å². The largest absolute Gasteiger partial charge is 0.481 e. The Balaban J connectivity index is 1.96. The van der Waals surface area contributed by atoms with E-state index in [9.17, 15) is 14.7 Å². The molecule has 0 aliphatic heterocycles. The van der Waals surface area contributed by atoms with Gasteiger partial charge in [0.25, 0.3) is 0 Å². The van der Waals surface area contributed by atoms with Crippen molar-refractivity contribution < 1.29 is 14.7 Å². The number of aliphatic carboxylic acids is 1. The first-order valence-electron chi connectivity index (χ1n) is 8.19. The molecule has 120 valence electrons. The zero-order valence-corrected chi connectivity index (χ0v) is 13.2. The smallest absolute Gasteiger partial charge is 0.317 e. The molecule has 1 atom stereocenters. The second-order valence-corrected chi connectivity index (χ2v) is 6.94. The summed E-state index contributed by atoms with van der Waals surface area (Å²) in [6.45, 7) is 2.04. The van der Waals surface area contributed by atoms with Crippen LogP contribution in [0.3, 0.4) is 0 Å². The average molecular weight is 296 g/mol. The third kappa shape index (κ3) is 4.35. The molecule has 1 unspecified atom stereocenters. The van der Waals surface area contributed by atoms with Crippen LogP contribution in [0.1, 0.15) is 64.7 Å². The van der Waals surface area contributed by atoms with E-state index in [1.165, 1.54) is 12.8 Å². The molecular weight excluding hydrogens is 268 g/mol. The molecule has 0 aromatic carbocycles. The monoisotopic (exact) mass is 296 g/mol. The predicted octanol–water partition coefficient (Wildman–Crippen LogP) is 2.99. The maximum atomic E-state index is 12.5. The van der Waals surface area contributed by atoms with Gasteiger partial charge in [-0.3, -0.25) is 4.79 Å². The molecule has 2 rings (SSSR count). The first-order chi connectivity index (χ1) is 9.93. The van der Waals surface area contributed by atoms with E-state index < -0.39 is 11.5 Å². The average Bonchev–Trinajstić information content (AvgIpc) is 3.21. The molecule has 21 heavy (non-hydrogen) atoms. The van der Waals surface area contributed by atoms with Gasteiger partial charge < -0.3 is 15.3 Å². The van der Waals surface area contributed by atoms with E-state index in [0.29, 0.717) is 0 Å². The second kappa shape index (κ2) is 6.67. The Kier molecular flexibility index (Phi) is 5.12. The first kappa shape index (κ1) is 16.1. The van der Waals surface area contributed by atoms with Crippen LogP contribution in [0.4, 0.5) is 4.79 Å². The second-order valence-electron chi connectivity index (χ2n) is 6.94. The summed E-state index contributed by atoms with van der Waals surface area (Å²) in [6, 6.07) is 0.0456. The molecule has 0 aromatic heterocycles. The number of nitrogens with one attached hydrogen (secondary N) is 1. The van der Waals surface area contributed by atoms with Crippen molar-refractivity contribution >= 4 is 12.0 Å². The molecule has 0 aromatic rings. The Bertz CT molecular complexity index is 387. The van der Waals surface area contributed by atoms with Crippen LogP contribution in [0, 0.1) is 5.92 Å². The highest BCUT2D eigenvalue weighted by atomic mass is 16.4. The highest BCUT2D eigenvalue weighted by molar-refractivity contribution is 5.77. The summed E-state index contributed by atoms with van der Waals surface area (Å²) in [5.74, 6) is -0.0455. The molecule has 5 heteroatoms. The van der Waals surface area contributed by atoms with Crippen molar-refractivity contribution in [3.05, 3.63) is 0 Å². The van der Waals surface area contributed by atoms with Crippen LogP contribution in [0.2, 0.25) is 0 Å². The molecule has 5 nitrogen and oxygen atoms in total. The van der Waals surface area contributed by atoms with Crippen molar-refractivity contribution in [3.8, 4) is 0 Å². The Morgan fingerprint density at radius 2 is 1.90 bits per heavy atom. The number of carbonyl (C=O) groups is 2. The number of hydrogen-bond donors (Lipinski definition) is 2. The van der Waals surface area contributed by atoms with Gasteiger partial charge in [-0.2, -0.15) is 0 Å². The third-order valence-electron chi connectivity index (χ3n) is 5.03. The summed E-state index contributed by atoms with van der Waals surface area (Å²) >= 11 is 0. The summed E-state index contributed by atoms with van der Waals surface area (Å²) in [6.07, 6.45) is 8.36. The summed E-state index contributed by atoms with van der Waals surface area (Å²) in [5.41, 5.74) is -0.506. The van der Waals surface area contributed by atoms with Crippen molar-refractivity contribution in [2.45, 2.75) is 76.3 Å². The summed E-state index contributed by atoms with van der Waals surface area (Å²) < 4.78 is 0. The maximum Gasteiger partial charge on any atom is 0.317 e. The fourth-order valence-corrected chi connectivity index (χ4v) is 3.56. The number of nitrogens with zero attached hydrogens (tertiary/aromatic N) is 1. The Labute approximate surface area is 127 Å². The van der Waals surface area contributed by atoms with Crippen molar-refractivity contribution in [1.29, 1.82) is 0 Å². The van der Waals surface area contributed by atoms with Gasteiger partial charge in [0.05, 0.1) is 12.0 Å². The van der Waals surface area contributed by atoms with E-state index >= 15 is 0 Å². The molecule has 2 aliphatic carbocycles. The molecule has 0 heterocycles. The minimum absolute atomic E-state index is 0.0495. The standard InChI is InChI=1S/C16H28N2O3/c1-12(10-13-6-7-13)17-15(21)18(2)16(11-14(19)20)8-4-3-5-9-16/h12-13H,3-11H2,1-2H3,(H,17,21)(H,19,20). The van der Waals surface area contributed by atoms with Gasteiger partial charge >= 0.3 is 12.0 Å². The summed E-state index contributed by atoms with van der Waals surface area (Å²) in [4.78, 5) is 25.4. The van der Waals surface area contributed by atoms with E-state index in [4.69, 9.17) is 0 Å². The fourth-order valence-electron chi connectivity index (χ4n) is 3.56. The van der Waals surface area contributed by atoms with Crippen molar-refractivity contribution in [2.75, 3.05) is 7.05 Å². The van der Waals surface area contributed by atoms with Crippen LogP contribution in [0.15, 0.2) is 0 Å². The molecule has 0 spiro atoms. The van der Waals surface area contributed by atoms with Gasteiger partial charge in [-0.15, -0.1) is 0 Å². The quantitative estimate of drug-likeness (QED) is 0.791. The molecule has 0 saturated heterocycles. The Morgan fingerprint density at radius 1 is 1.29 bits per heavy atom. The number of urea groups is 1. The maximum absolute atomic E-state index is 12.5. The molecule has 2 saturated carbocycles. The number of hydrogen-bond acceptors (Lipinski definition) is 2. The van der Waals surface area contributed by atoms with E-state index in [0.717, 1.165) is 44.4 Å². The lowest BCUT2D eigenvalue weighted by Crippen LogP contribution is -2.56. The SMILES string of the molecule is CC(CC1CC1)NC(=O)N(C)C1(CC(=O)O)CCCCC1. The van der Waals surface area contributed by atoms with E-state index in [1.807, 2.05) is 6.92 Å². The highest BCUT2D eigenvalue weighted by Gasteiger charge is 2.40. The lowest BCUT2D eigenvalue weighted by molar-refractivity contribution is -0.140. The third-order valence-corrected chi connectivity index (χ3v) is 5.03. The molecule has 2 amide bonds. The summed E-state index contributed by atoms with van der Waals surface area (Å²) in [5, 5.41) is 12.3. The van der Waals surface area contributed by atoms with Crippen LogP contribution in [-0.4, -0.2) is 40.6 Å². The Hall–Kier alpha value is -1.26. The predicted molar refractivity (Wildman–Crippen MR) is 81.2 cm³/mol. The van der Waals surface area contributed by atoms with Crippen LogP contribution in [0.5, 0.6) is 0 Å². The molecule has 2 aliphatic rings. The molecule has 0 radical (unpaired) electrons. The number of rotatable bonds is 6. The highest BCUT2D eigenvalue weighted by Crippen LogP contribution is 2.36. The molecule has 2 fully saturated rings. The van der Waals surface area contributed by atoms with Crippen molar-refractivity contribution in [1.82, 2.24) is 10.2 Å². The zero-order valence-electron chi connectivity index (χ0n) is 13.2. The zero-order chi connectivity index (χ0) is 15.5. The molecule has 0 bridgehead atoms. The molecular formula is C16H28N2O3. The van der Waals surface area contributed by atoms with Gasteiger partial charge in [-0.05, 0) is 32.1 Å². The lowest BCUT2D eigenvalue weighted by Gasteiger charge is -2.44. The minimum atomic E-state index is -0.817. The van der Waals surface area contributed by atoms with E-state index in [1.54, 1.807) is 11.9 Å². The number of carboxylic acids is 1. The lowest BCUT2D eigenvalue weighted by atomic mass is 9.78. The van der Waals surface area contributed by atoms with Crippen molar-refractivity contribution in [2.24, 2.45) is 5.92 Å². The Morgan fingerprint density at radius 3 is 2.43 bits per heavy atom. The molecule has 2 N–H and O–H groups in total. The van der Waals surface area contributed by atoms with Gasteiger partial charge in [0.15, 0.2) is 0 Å². The van der Waals surface area contributed by atoms with Crippen LogP contribution < -0.4 is 5.32 Å². The van der Waals surface area contributed by atoms with Crippen LogP contribution in [-0.2, 0) is 4.79 Å². The van der Waals surface area contributed by atoms with E-state index in [-0.39, 0.29) is 18.5 Å². The first-order valence-corrected chi connectivity index (χ1v) is 8.19. The van der Waals surface area contributed by atoms with Gasteiger partial charge in [-0.25, -0.2) is 4.79 Å².